The van der Waals surface area contributed by atoms with Crippen molar-refractivity contribution in [2.75, 3.05) is 5.32 Å². The molecule has 0 radical (unpaired) electrons. The van der Waals surface area contributed by atoms with Crippen LogP contribution in [0.4, 0.5) is 5.69 Å². The number of carbonyl (C=O) groups is 1. The Morgan fingerprint density at radius 1 is 1.05 bits per heavy atom. The van der Waals surface area contributed by atoms with E-state index in [9.17, 15) is 4.79 Å². The van der Waals surface area contributed by atoms with Gasteiger partial charge >= 0.3 is 0 Å². The second-order valence-corrected chi connectivity index (χ2v) is 6.22. The van der Waals surface area contributed by atoms with Gasteiger partial charge in [-0.3, -0.25) is 4.79 Å². The monoisotopic (exact) mass is 319 g/mol. The molecule has 108 valence electrons. The first kappa shape index (κ1) is 14.4. The highest BCUT2D eigenvalue weighted by atomic mass is 35.5. The molecular formula is C17H15Cl2NO. The topological polar surface area (TPSA) is 29.1 Å². The minimum atomic E-state index is -0.438. The van der Waals surface area contributed by atoms with E-state index in [-0.39, 0.29) is 5.91 Å². The van der Waals surface area contributed by atoms with Gasteiger partial charge in [0.25, 0.3) is 0 Å². The zero-order valence-corrected chi connectivity index (χ0v) is 12.9. The van der Waals surface area contributed by atoms with E-state index in [2.05, 4.69) is 5.32 Å². The summed E-state index contributed by atoms with van der Waals surface area (Å²) in [5.41, 5.74) is 1.19. The third kappa shape index (κ3) is 2.66. The first-order valence-electron chi connectivity index (χ1n) is 6.94. The molecule has 1 aliphatic carbocycles. The van der Waals surface area contributed by atoms with Gasteiger partial charge < -0.3 is 5.32 Å². The molecule has 1 saturated carbocycles. The molecule has 1 aliphatic rings. The number of nitrogens with one attached hydrogen (secondary N) is 1. The number of hydrogen-bond acceptors (Lipinski definition) is 1. The highest BCUT2D eigenvalue weighted by molar-refractivity contribution is 6.35. The van der Waals surface area contributed by atoms with Gasteiger partial charge in [-0.05, 0) is 36.6 Å². The Morgan fingerprint density at radius 2 is 1.76 bits per heavy atom. The van der Waals surface area contributed by atoms with E-state index in [1.165, 1.54) is 0 Å². The Bertz CT molecular complexity index is 666. The fourth-order valence-electron chi connectivity index (χ4n) is 2.77. The average Bonchev–Trinajstić information content (AvgIpc) is 2.43. The Kier molecular flexibility index (Phi) is 3.92. The molecule has 2 aromatic rings. The summed E-state index contributed by atoms with van der Waals surface area (Å²) in [7, 11) is 0. The van der Waals surface area contributed by atoms with Gasteiger partial charge in [0.15, 0.2) is 0 Å². The summed E-state index contributed by atoms with van der Waals surface area (Å²) in [5, 5.41) is 3.99. The molecule has 2 aromatic carbocycles. The van der Waals surface area contributed by atoms with Crippen LogP contribution < -0.4 is 5.32 Å². The lowest BCUT2D eigenvalue weighted by Crippen LogP contribution is -2.46. The third-order valence-electron chi connectivity index (χ3n) is 4.14. The second kappa shape index (κ2) is 5.70. The molecule has 0 aromatic heterocycles. The summed E-state index contributed by atoms with van der Waals surface area (Å²) >= 11 is 12.1. The maximum atomic E-state index is 12.8. The van der Waals surface area contributed by atoms with Crippen molar-refractivity contribution in [3.8, 4) is 0 Å². The lowest BCUT2D eigenvalue weighted by atomic mass is 9.64. The van der Waals surface area contributed by atoms with Crippen molar-refractivity contribution in [3.05, 3.63) is 64.1 Å². The summed E-state index contributed by atoms with van der Waals surface area (Å²) in [4.78, 5) is 12.8. The summed E-state index contributed by atoms with van der Waals surface area (Å²) < 4.78 is 0. The van der Waals surface area contributed by atoms with Gasteiger partial charge in [0, 0.05) is 5.02 Å². The van der Waals surface area contributed by atoms with E-state index in [1.807, 2.05) is 30.3 Å². The maximum Gasteiger partial charge on any atom is 0.235 e. The van der Waals surface area contributed by atoms with Crippen molar-refractivity contribution in [1.82, 2.24) is 0 Å². The van der Waals surface area contributed by atoms with Crippen LogP contribution in [0.15, 0.2) is 48.5 Å². The molecule has 1 fully saturated rings. The SMILES string of the molecule is O=C(Nc1cc(Cl)ccc1Cl)C1(c2ccccc2)CCC1. The predicted molar refractivity (Wildman–Crippen MR) is 87.1 cm³/mol. The quantitative estimate of drug-likeness (QED) is 0.842. The highest BCUT2D eigenvalue weighted by Crippen LogP contribution is 2.44. The normalized spacial score (nSPS) is 16.1. The van der Waals surface area contributed by atoms with Crippen molar-refractivity contribution in [2.24, 2.45) is 0 Å². The second-order valence-electron chi connectivity index (χ2n) is 5.38. The van der Waals surface area contributed by atoms with Crippen LogP contribution in [-0.2, 0) is 10.2 Å². The Morgan fingerprint density at radius 3 is 2.38 bits per heavy atom. The molecule has 0 spiro atoms. The standard InChI is InChI=1S/C17H15Cl2NO/c18-13-7-8-14(19)15(11-13)20-16(21)17(9-4-10-17)12-5-2-1-3-6-12/h1-3,5-8,11H,4,9-10H2,(H,20,21). The maximum absolute atomic E-state index is 12.8. The zero-order valence-electron chi connectivity index (χ0n) is 11.4. The minimum Gasteiger partial charge on any atom is -0.324 e. The fourth-order valence-corrected chi connectivity index (χ4v) is 3.11. The molecule has 3 rings (SSSR count). The lowest BCUT2D eigenvalue weighted by Gasteiger charge is -2.40. The first-order chi connectivity index (χ1) is 10.1. The molecule has 1 amide bonds. The van der Waals surface area contributed by atoms with Crippen LogP contribution in [0.1, 0.15) is 24.8 Å². The molecule has 21 heavy (non-hydrogen) atoms. The first-order valence-corrected chi connectivity index (χ1v) is 7.69. The molecule has 0 heterocycles. The van der Waals surface area contributed by atoms with Crippen molar-refractivity contribution in [1.29, 1.82) is 0 Å². The third-order valence-corrected chi connectivity index (χ3v) is 4.71. The number of rotatable bonds is 3. The van der Waals surface area contributed by atoms with Gasteiger partial charge in [-0.1, -0.05) is 60.0 Å². The molecule has 2 nitrogen and oxygen atoms in total. The Labute approximate surface area is 134 Å². The highest BCUT2D eigenvalue weighted by Gasteiger charge is 2.45. The van der Waals surface area contributed by atoms with E-state index in [1.54, 1.807) is 18.2 Å². The van der Waals surface area contributed by atoms with Gasteiger partial charge in [-0.15, -0.1) is 0 Å². The Hall–Kier alpha value is -1.51. The van der Waals surface area contributed by atoms with Gasteiger partial charge in [0.1, 0.15) is 0 Å². The van der Waals surface area contributed by atoms with Gasteiger partial charge in [0.2, 0.25) is 5.91 Å². The number of hydrogen-bond donors (Lipinski definition) is 1. The van der Waals surface area contributed by atoms with Crippen molar-refractivity contribution in [3.63, 3.8) is 0 Å². The van der Waals surface area contributed by atoms with Crippen molar-refractivity contribution < 1.29 is 4.79 Å². The van der Waals surface area contributed by atoms with E-state index in [0.717, 1.165) is 24.8 Å². The number of anilines is 1. The number of carbonyl (C=O) groups excluding carboxylic acids is 1. The van der Waals surface area contributed by atoms with Crippen LogP contribution in [0.2, 0.25) is 10.0 Å². The predicted octanol–water partition coefficient (Wildman–Crippen LogP) is 5.05. The number of benzene rings is 2. The molecule has 0 unspecified atom stereocenters. The van der Waals surface area contributed by atoms with Crippen LogP contribution >= 0.6 is 23.2 Å². The minimum absolute atomic E-state index is 0.0101. The van der Waals surface area contributed by atoms with Gasteiger partial charge in [-0.25, -0.2) is 0 Å². The average molecular weight is 320 g/mol. The molecular weight excluding hydrogens is 305 g/mol. The molecule has 0 atom stereocenters. The summed E-state index contributed by atoms with van der Waals surface area (Å²) in [6, 6.07) is 15.0. The largest absolute Gasteiger partial charge is 0.324 e. The molecule has 0 bridgehead atoms. The smallest absolute Gasteiger partial charge is 0.235 e. The lowest BCUT2D eigenvalue weighted by molar-refractivity contribution is -0.124. The van der Waals surface area contributed by atoms with Crippen LogP contribution in [0.25, 0.3) is 0 Å². The molecule has 4 heteroatoms. The summed E-state index contributed by atoms with van der Waals surface area (Å²) in [5.74, 6) is -0.0101. The van der Waals surface area contributed by atoms with Crippen molar-refractivity contribution in [2.45, 2.75) is 24.7 Å². The van der Waals surface area contributed by atoms with E-state index >= 15 is 0 Å². The molecule has 0 aliphatic heterocycles. The van der Waals surface area contributed by atoms with Gasteiger partial charge in [0.05, 0.1) is 16.1 Å². The van der Waals surface area contributed by atoms with Crippen LogP contribution in [0, 0.1) is 0 Å². The van der Waals surface area contributed by atoms with E-state index < -0.39 is 5.41 Å². The molecule has 1 N–H and O–H groups in total. The summed E-state index contributed by atoms with van der Waals surface area (Å²) in [6.45, 7) is 0. The fraction of sp³-hybridized carbons (Fsp3) is 0.235. The molecule has 0 saturated heterocycles. The number of amides is 1. The summed E-state index contributed by atoms with van der Waals surface area (Å²) in [6.07, 6.45) is 2.79. The van der Waals surface area contributed by atoms with Gasteiger partial charge in [-0.2, -0.15) is 0 Å². The van der Waals surface area contributed by atoms with Crippen molar-refractivity contribution >= 4 is 34.8 Å². The van der Waals surface area contributed by atoms with E-state index in [0.29, 0.717) is 15.7 Å². The zero-order chi connectivity index (χ0) is 14.9. The van der Waals surface area contributed by atoms with Crippen LogP contribution in [-0.4, -0.2) is 5.91 Å². The van der Waals surface area contributed by atoms with Crippen LogP contribution in [0.3, 0.4) is 0 Å². The Balaban J connectivity index is 1.89. The van der Waals surface area contributed by atoms with E-state index in [4.69, 9.17) is 23.2 Å². The number of halogens is 2. The van der Waals surface area contributed by atoms with Crippen LogP contribution in [0.5, 0.6) is 0 Å².